The molecule has 72 valence electrons. The van der Waals surface area contributed by atoms with E-state index in [1.54, 1.807) is 0 Å². The van der Waals surface area contributed by atoms with Gasteiger partial charge in [-0.3, -0.25) is 0 Å². The van der Waals surface area contributed by atoms with Crippen molar-refractivity contribution < 1.29 is 24.5 Å². The van der Waals surface area contributed by atoms with Gasteiger partial charge in [-0.2, -0.15) is 0 Å². The summed E-state index contributed by atoms with van der Waals surface area (Å²) in [6, 6.07) is 9.80. The summed E-state index contributed by atoms with van der Waals surface area (Å²) in [6.07, 6.45) is 0. The first kappa shape index (κ1) is 18.4. The van der Waals surface area contributed by atoms with Crippen LogP contribution >= 0.6 is 34.0 Å². The summed E-state index contributed by atoms with van der Waals surface area (Å²) in [5.74, 6) is 0.944. The van der Waals surface area contributed by atoms with Gasteiger partial charge in [0, 0.05) is 19.8 Å². The van der Waals surface area contributed by atoms with Gasteiger partial charge in [-0.25, -0.2) is 0 Å². The van der Waals surface area contributed by atoms with Crippen LogP contribution in [0.5, 0.6) is 5.75 Å². The molecule has 0 atom stereocenters. The molecule has 1 rings (SSSR count). The van der Waals surface area contributed by atoms with Crippen molar-refractivity contribution in [3.8, 4) is 5.75 Å². The minimum atomic E-state index is 0. The Morgan fingerprint density at radius 1 is 1.08 bits per heavy atom. The molecule has 0 unspecified atom stereocenters. The second kappa shape index (κ2) is 11.6. The van der Waals surface area contributed by atoms with Gasteiger partial charge in [-0.15, -0.1) is 34.0 Å². The van der Waals surface area contributed by atoms with Crippen molar-refractivity contribution in [1.29, 1.82) is 0 Å². The van der Waals surface area contributed by atoms with Gasteiger partial charge in [0.1, 0.15) is 5.75 Å². The topological polar surface area (TPSA) is 9.23 Å². The zero-order chi connectivity index (χ0) is 6.53. The second-order valence-electron chi connectivity index (χ2n) is 1.75. The van der Waals surface area contributed by atoms with Crippen molar-refractivity contribution in [2.24, 2.45) is 0 Å². The maximum Gasteiger partial charge on any atom is 0.119 e. The maximum absolute atomic E-state index is 5.21. The van der Waals surface area contributed by atoms with Crippen molar-refractivity contribution >= 4 is 34.0 Å². The molecule has 0 fully saturated rings. The van der Waals surface area contributed by atoms with Crippen molar-refractivity contribution in [3.63, 3.8) is 0 Å². The van der Waals surface area contributed by atoms with Gasteiger partial charge in [-0.1, -0.05) is 18.2 Å². The summed E-state index contributed by atoms with van der Waals surface area (Å²) >= 11 is 0. The van der Waals surface area contributed by atoms with Crippen molar-refractivity contribution in [3.05, 3.63) is 30.3 Å². The van der Waals surface area contributed by atoms with Crippen LogP contribution in [-0.2, 0) is 19.8 Å². The molecule has 0 spiro atoms. The Hall–Kier alpha value is 0.616. The third-order valence-electron chi connectivity index (χ3n) is 1.05. The molecule has 0 saturated heterocycles. The number of benzene rings is 1. The zero-order valence-corrected chi connectivity index (χ0v) is 12.6. The van der Waals surface area contributed by atoms with E-state index < -0.39 is 0 Å². The predicted octanol–water partition coefficient (Wildman–Crippen LogP) is 3.24. The second-order valence-corrected chi connectivity index (χ2v) is 1.75. The van der Waals surface area contributed by atoms with E-state index in [0.717, 1.165) is 12.4 Å². The minimum absolute atomic E-state index is 0. The normalized spacial score (nSPS) is 6.75. The predicted molar refractivity (Wildman–Crippen MR) is 58.3 cm³/mol. The summed E-state index contributed by atoms with van der Waals surface area (Å²) in [5.41, 5.74) is 0. The number of halogens is 2. The fourth-order valence-corrected chi connectivity index (χ4v) is 0.683. The van der Waals surface area contributed by atoms with Gasteiger partial charge in [0.05, 0.1) is 6.61 Å². The number of rotatable bonds is 2. The molecular formula is C8H12Br2OOs. The van der Waals surface area contributed by atoms with Crippen LogP contribution in [0.1, 0.15) is 6.92 Å². The van der Waals surface area contributed by atoms with E-state index in [4.69, 9.17) is 4.74 Å². The van der Waals surface area contributed by atoms with E-state index >= 15 is 0 Å². The average molecular weight is 474 g/mol. The van der Waals surface area contributed by atoms with Gasteiger partial charge >= 0.3 is 0 Å². The molecule has 0 radical (unpaired) electrons. The fraction of sp³-hybridized carbons (Fsp3) is 0.250. The molecule has 0 aromatic heterocycles. The van der Waals surface area contributed by atoms with Gasteiger partial charge < -0.3 is 4.74 Å². The van der Waals surface area contributed by atoms with E-state index in [1.807, 2.05) is 37.3 Å². The molecule has 0 amide bonds. The molecular weight excluding hydrogens is 462 g/mol. The fourth-order valence-electron chi connectivity index (χ4n) is 0.683. The zero-order valence-electron chi connectivity index (χ0n) is 6.67. The van der Waals surface area contributed by atoms with Crippen LogP contribution in [0.25, 0.3) is 0 Å². The quantitative estimate of drug-likeness (QED) is 0.640. The Morgan fingerprint density at radius 3 is 2.00 bits per heavy atom. The van der Waals surface area contributed by atoms with E-state index in [0.29, 0.717) is 0 Å². The van der Waals surface area contributed by atoms with Crippen molar-refractivity contribution in [2.45, 2.75) is 6.92 Å². The third-order valence-corrected chi connectivity index (χ3v) is 1.05. The molecule has 12 heavy (non-hydrogen) atoms. The van der Waals surface area contributed by atoms with E-state index in [9.17, 15) is 0 Å². The monoisotopic (exact) mass is 474 g/mol. The first-order chi connectivity index (χ1) is 4.43. The first-order valence-corrected chi connectivity index (χ1v) is 3.11. The first-order valence-electron chi connectivity index (χ1n) is 3.11. The van der Waals surface area contributed by atoms with Crippen molar-refractivity contribution in [2.75, 3.05) is 6.61 Å². The number of hydrogen-bond donors (Lipinski definition) is 0. The van der Waals surface area contributed by atoms with Gasteiger partial charge in [0.2, 0.25) is 0 Å². The number of hydrogen-bond acceptors (Lipinski definition) is 1. The van der Waals surface area contributed by atoms with Gasteiger partial charge in [0.15, 0.2) is 0 Å². The molecule has 0 aliphatic carbocycles. The molecule has 0 bridgehead atoms. The van der Waals surface area contributed by atoms with Gasteiger partial charge in [0.25, 0.3) is 0 Å². The van der Waals surface area contributed by atoms with Crippen LogP contribution in [-0.4, -0.2) is 6.61 Å². The molecule has 0 aliphatic rings. The van der Waals surface area contributed by atoms with E-state index in [2.05, 4.69) is 0 Å². The molecule has 0 heterocycles. The maximum atomic E-state index is 5.21. The summed E-state index contributed by atoms with van der Waals surface area (Å²) in [6.45, 7) is 2.72. The van der Waals surface area contributed by atoms with Gasteiger partial charge in [-0.05, 0) is 19.1 Å². The number of ether oxygens (including phenoxy) is 1. The molecule has 4 heteroatoms. The van der Waals surface area contributed by atoms with Crippen LogP contribution in [0.2, 0.25) is 0 Å². The molecule has 0 aliphatic heterocycles. The summed E-state index contributed by atoms with van der Waals surface area (Å²) < 4.78 is 5.21. The molecule has 1 aromatic carbocycles. The standard InChI is InChI=1S/C8H10O.2BrH.Os/c1-2-9-8-6-4-3-5-7-8;;;/h3-7H,2H2,1H3;2*1H;. The Kier molecular flexibility index (Phi) is 17.8. The Morgan fingerprint density at radius 2 is 1.58 bits per heavy atom. The van der Waals surface area contributed by atoms with Crippen LogP contribution in [0.15, 0.2) is 30.3 Å². The van der Waals surface area contributed by atoms with E-state index in [-0.39, 0.29) is 53.8 Å². The van der Waals surface area contributed by atoms with Crippen LogP contribution in [0.4, 0.5) is 0 Å². The number of para-hydroxylation sites is 1. The molecule has 0 saturated carbocycles. The summed E-state index contributed by atoms with van der Waals surface area (Å²) in [4.78, 5) is 0. The Balaban J connectivity index is -0.000000270. The molecule has 1 aromatic rings. The van der Waals surface area contributed by atoms with Crippen LogP contribution in [0, 0.1) is 0 Å². The van der Waals surface area contributed by atoms with E-state index in [1.165, 1.54) is 0 Å². The third kappa shape index (κ3) is 7.28. The summed E-state index contributed by atoms with van der Waals surface area (Å²) in [7, 11) is 0. The SMILES string of the molecule is Br.Br.CCOc1ccccc1.[Os]. The minimum Gasteiger partial charge on any atom is -0.494 e. The molecule has 0 N–H and O–H groups in total. The van der Waals surface area contributed by atoms with Crippen LogP contribution in [0.3, 0.4) is 0 Å². The largest absolute Gasteiger partial charge is 0.494 e. The smallest absolute Gasteiger partial charge is 0.119 e. The Bertz CT molecular complexity index is 170. The summed E-state index contributed by atoms with van der Waals surface area (Å²) in [5, 5.41) is 0. The van der Waals surface area contributed by atoms with Crippen molar-refractivity contribution in [1.82, 2.24) is 0 Å². The van der Waals surface area contributed by atoms with Crippen LogP contribution < -0.4 is 4.74 Å². The average Bonchev–Trinajstić information content (AvgIpc) is 1.91. The Labute approximate surface area is 107 Å². The molecule has 1 nitrogen and oxygen atoms in total.